The van der Waals surface area contributed by atoms with Crippen LogP contribution in [0, 0.1) is 0 Å². The Balaban J connectivity index is 2.07. The van der Waals surface area contributed by atoms with Gasteiger partial charge < -0.3 is 29.0 Å². The number of hydrogen-bond donors (Lipinski definition) is 1. The molecule has 3 rings (SSSR count). The minimum atomic E-state index is -0.466. The Kier molecular flexibility index (Phi) is 7.83. The molecule has 0 saturated heterocycles. The number of ether oxygens (including phenoxy) is 3. The van der Waals surface area contributed by atoms with Crippen molar-refractivity contribution in [2.45, 2.75) is 13.8 Å². The maximum Gasteiger partial charge on any atom is 0.270 e. The Bertz CT molecular complexity index is 1200. The first-order valence-electron chi connectivity index (χ1n) is 11.0. The molecule has 0 atom stereocenters. The number of fused-ring (bicyclic) bond motifs is 1. The zero-order valence-electron chi connectivity index (χ0n) is 20.5. The van der Waals surface area contributed by atoms with Gasteiger partial charge in [-0.25, -0.2) is 0 Å². The van der Waals surface area contributed by atoms with Crippen molar-refractivity contribution in [1.29, 1.82) is 0 Å². The van der Waals surface area contributed by atoms with Crippen molar-refractivity contribution in [1.82, 2.24) is 14.8 Å². The van der Waals surface area contributed by atoms with Gasteiger partial charge in [-0.2, -0.15) is 0 Å². The van der Waals surface area contributed by atoms with Crippen molar-refractivity contribution < 1.29 is 23.8 Å². The van der Waals surface area contributed by atoms with Crippen molar-refractivity contribution in [3.05, 3.63) is 59.4 Å². The molecule has 0 aliphatic heterocycles. The van der Waals surface area contributed by atoms with Crippen LogP contribution in [-0.4, -0.2) is 55.7 Å². The van der Waals surface area contributed by atoms with Crippen molar-refractivity contribution in [3.8, 4) is 17.2 Å². The van der Waals surface area contributed by atoms with E-state index < -0.39 is 5.91 Å². The van der Waals surface area contributed by atoms with Crippen molar-refractivity contribution >= 4 is 28.8 Å². The largest absolute Gasteiger partial charge is 0.493 e. The first kappa shape index (κ1) is 24.7. The summed E-state index contributed by atoms with van der Waals surface area (Å²) in [5.41, 5.74) is 2.31. The van der Waals surface area contributed by atoms with Crippen LogP contribution in [0.15, 0.2) is 48.3 Å². The van der Waals surface area contributed by atoms with Crippen LogP contribution in [0.25, 0.3) is 17.0 Å². The fourth-order valence-corrected chi connectivity index (χ4v) is 3.88. The van der Waals surface area contributed by atoms with Gasteiger partial charge in [0.2, 0.25) is 5.75 Å². The predicted octanol–water partition coefficient (Wildman–Crippen LogP) is 3.84. The molecule has 0 spiro atoms. The summed E-state index contributed by atoms with van der Waals surface area (Å²) in [7, 11) is 6.40. The minimum Gasteiger partial charge on any atom is -0.493 e. The summed E-state index contributed by atoms with van der Waals surface area (Å²) in [6.45, 7) is 4.83. The van der Waals surface area contributed by atoms with E-state index in [1.165, 1.54) is 21.3 Å². The van der Waals surface area contributed by atoms with E-state index >= 15 is 0 Å². The third kappa shape index (κ3) is 4.85. The number of rotatable bonds is 9. The van der Waals surface area contributed by atoms with Crippen LogP contribution in [0.4, 0.5) is 0 Å². The smallest absolute Gasteiger partial charge is 0.270 e. The lowest BCUT2D eigenvalue weighted by molar-refractivity contribution is -0.127. The molecule has 8 heteroatoms. The lowest BCUT2D eigenvalue weighted by Crippen LogP contribution is -2.38. The average Bonchev–Trinajstić information content (AvgIpc) is 3.18. The highest BCUT2D eigenvalue weighted by atomic mass is 16.5. The van der Waals surface area contributed by atoms with Gasteiger partial charge in [-0.3, -0.25) is 9.59 Å². The van der Waals surface area contributed by atoms with E-state index in [2.05, 4.69) is 5.32 Å². The predicted molar refractivity (Wildman–Crippen MR) is 132 cm³/mol. The molecule has 2 amide bonds. The molecule has 0 unspecified atom stereocenters. The van der Waals surface area contributed by atoms with E-state index in [1.807, 2.05) is 55.9 Å². The van der Waals surface area contributed by atoms with E-state index in [4.69, 9.17) is 14.2 Å². The van der Waals surface area contributed by atoms with E-state index in [0.717, 1.165) is 16.5 Å². The third-order valence-corrected chi connectivity index (χ3v) is 5.68. The molecule has 8 nitrogen and oxygen atoms in total. The summed E-state index contributed by atoms with van der Waals surface area (Å²) >= 11 is 0. The van der Waals surface area contributed by atoms with Gasteiger partial charge in [0.15, 0.2) is 11.5 Å². The third-order valence-electron chi connectivity index (χ3n) is 5.68. The topological polar surface area (TPSA) is 82.0 Å². The summed E-state index contributed by atoms with van der Waals surface area (Å²) in [5.74, 6) is 0.348. The molecule has 0 aliphatic carbocycles. The number of hydrogen-bond acceptors (Lipinski definition) is 5. The van der Waals surface area contributed by atoms with Crippen LogP contribution in [-0.2, 0) is 11.8 Å². The van der Waals surface area contributed by atoms with Crippen LogP contribution < -0.4 is 19.5 Å². The number of carbonyl (C=O) groups excluding carboxylic acids is 2. The SMILES string of the molecule is CCN(CC)C(=O)/C(=C/c1cn(C)c2ccccc12)NC(=O)c1cc(OC)c(OC)c(OC)c1. The fourth-order valence-electron chi connectivity index (χ4n) is 3.88. The van der Waals surface area contributed by atoms with E-state index in [-0.39, 0.29) is 17.2 Å². The molecule has 1 N–H and O–H groups in total. The molecule has 180 valence electrons. The zero-order valence-corrected chi connectivity index (χ0v) is 20.5. The molecule has 1 heterocycles. The van der Waals surface area contributed by atoms with Gasteiger partial charge in [0.05, 0.1) is 21.3 Å². The maximum atomic E-state index is 13.3. The summed E-state index contributed by atoms with van der Waals surface area (Å²) in [5, 5.41) is 3.80. The van der Waals surface area contributed by atoms with Gasteiger partial charge in [0, 0.05) is 48.4 Å². The van der Waals surface area contributed by atoms with Crippen LogP contribution in [0.1, 0.15) is 29.8 Å². The lowest BCUT2D eigenvalue weighted by Gasteiger charge is -2.21. The molecule has 1 aromatic heterocycles. The lowest BCUT2D eigenvalue weighted by atomic mass is 10.1. The van der Waals surface area contributed by atoms with E-state index in [0.29, 0.717) is 30.3 Å². The molecule has 34 heavy (non-hydrogen) atoms. The first-order chi connectivity index (χ1) is 16.4. The molecule has 0 fully saturated rings. The van der Waals surface area contributed by atoms with Crippen molar-refractivity contribution in [3.63, 3.8) is 0 Å². The summed E-state index contributed by atoms with van der Waals surface area (Å²) in [4.78, 5) is 28.3. The number of amides is 2. The zero-order chi connectivity index (χ0) is 24.8. The monoisotopic (exact) mass is 465 g/mol. The number of aryl methyl sites for hydroxylation is 1. The standard InChI is InChI=1S/C26H31N3O5/c1-7-29(8-2)26(31)20(13-18-16-28(3)21-12-10-9-11-19(18)21)27-25(30)17-14-22(32-4)24(34-6)23(15-17)33-5/h9-16H,7-8H2,1-6H3,(H,27,30)/b20-13-. The average molecular weight is 466 g/mol. The second kappa shape index (κ2) is 10.8. The van der Waals surface area contributed by atoms with Gasteiger partial charge in [0.25, 0.3) is 11.8 Å². The molecule has 0 bridgehead atoms. The van der Waals surface area contributed by atoms with Crippen molar-refractivity contribution in [2.75, 3.05) is 34.4 Å². The highest BCUT2D eigenvalue weighted by molar-refractivity contribution is 6.07. The Morgan fingerprint density at radius 1 is 1.00 bits per heavy atom. The molecule has 2 aromatic carbocycles. The van der Waals surface area contributed by atoms with Crippen LogP contribution in [0.2, 0.25) is 0 Å². The fraction of sp³-hybridized carbons (Fsp3) is 0.308. The normalized spacial score (nSPS) is 11.3. The van der Waals surface area contributed by atoms with Crippen LogP contribution >= 0.6 is 0 Å². The highest BCUT2D eigenvalue weighted by Crippen LogP contribution is 2.38. The van der Waals surface area contributed by atoms with E-state index in [1.54, 1.807) is 23.1 Å². The van der Waals surface area contributed by atoms with Crippen molar-refractivity contribution in [2.24, 2.45) is 7.05 Å². The Morgan fingerprint density at radius 2 is 1.62 bits per heavy atom. The van der Waals surface area contributed by atoms with Gasteiger partial charge in [-0.1, -0.05) is 18.2 Å². The quantitative estimate of drug-likeness (QED) is 0.486. The summed E-state index contributed by atoms with van der Waals surface area (Å²) in [6, 6.07) is 11.0. The Hall–Kier alpha value is -3.94. The highest BCUT2D eigenvalue weighted by Gasteiger charge is 2.22. The summed E-state index contributed by atoms with van der Waals surface area (Å²) in [6.07, 6.45) is 3.66. The number of likely N-dealkylation sites (N-methyl/N-ethyl adjacent to an activating group) is 1. The molecular weight excluding hydrogens is 434 g/mol. The molecule has 3 aromatic rings. The van der Waals surface area contributed by atoms with E-state index in [9.17, 15) is 9.59 Å². The summed E-state index contributed by atoms with van der Waals surface area (Å²) < 4.78 is 18.1. The number of nitrogens with one attached hydrogen (secondary N) is 1. The molecule has 0 aliphatic rings. The molecular formula is C26H31N3O5. The van der Waals surface area contributed by atoms with Gasteiger partial charge in [-0.15, -0.1) is 0 Å². The maximum absolute atomic E-state index is 13.3. The number of aromatic nitrogens is 1. The number of para-hydroxylation sites is 1. The second-order valence-corrected chi connectivity index (χ2v) is 7.62. The number of benzene rings is 2. The van der Waals surface area contributed by atoms with Crippen LogP contribution in [0.5, 0.6) is 17.2 Å². The Morgan fingerprint density at radius 3 is 2.18 bits per heavy atom. The first-order valence-corrected chi connectivity index (χ1v) is 11.0. The van der Waals surface area contributed by atoms with Gasteiger partial charge >= 0.3 is 0 Å². The van der Waals surface area contributed by atoms with Gasteiger partial charge in [0.1, 0.15) is 5.70 Å². The second-order valence-electron chi connectivity index (χ2n) is 7.62. The Labute approximate surface area is 199 Å². The number of nitrogens with zero attached hydrogens (tertiary/aromatic N) is 2. The number of methoxy groups -OCH3 is 3. The minimum absolute atomic E-state index is 0.179. The van der Waals surface area contributed by atoms with Crippen LogP contribution in [0.3, 0.4) is 0 Å². The number of carbonyl (C=O) groups is 2. The van der Waals surface area contributed by atoms with Gasteiger partial charge in [-0.05, 0) is 38.1 Å². The molecule has 0 saturated carbocycles. The molecule has 0 radical (unpaired) electrons.